The number of rotatable bonds is 3. The minimum atomic E-state index is -1.11. The number of amides is 1. The van der Waals surface area contributed by atoms with Crippen LogP contribution in [0.15, 0.2) is 12.2 Å². The van der Waals surface area contributed by atoms with Crippen molar-refractivity contribution in [2.24, 2.45) is 0 Å². The van der Waals surface area contributed by atoms with E-state index in [4.69, 9.17) is 9.47 Å². The molecule has 6 heteroatoms. The number of esters is 1. The first-order valence-corrected chi connectivity index (χ1v) is 6.71. The zero-order chi connectivity index (χ0) is 15.3. The number of likely N-dealkylation sites (tertiary alicyclic amines) is 1. The molecule has 0 aromatic rings. The van der Waals surface area contributed by atoms with Gasteiger partial charge in [-0.25, -0.2) is 14.0 Å². The molecular formula is C14H22FNO4. The zero-order valence-corrected chi connectivity index (χ0v) is 12.4. The number of halogens is 1. The van der Waals surface area contributed by atoms with Gasteiger partial charge in [-0.05, 0) is 27.7 Å². The Bertz CT molecular complexity index is 389. The molecule has 0 unspecified atom stereocenters. The quantitative estimate of drug-likeness (QED) is 0.591. The van der Waals surface area contributed by atoms with Crippen LogP contribution >= 0.6 is 0 Å². The van der Waals surface area contributed by atoms with E-state index in [1.165, 1.54) is 17.1 Å². The van der Waals surface area contributed by atoms with Crippen LogP contribution in [0.1, 0.15) is 34.1 Å². The molecule has 114 valence electrons. The van der Waals surface area contributed by atoms with Gasteiger partial charge in [-0.1, -0.05) is 6.08 Å². The molecule has 0 N–H and O–H groups in total. The molecule has 1 amide bonds. The topological polar surface area (TPSA) is 55.8 Å². The molecule has 1 saturated heterocycles. The fourth-order valence-electron chi connectivity index (χ4n) is 1.91. The molecule has 0 saturated carbocycles. The summed E-state index contributed by atoms with van der Waals surface area (Å²) >= 11 is 0. The molecule has 0 radical (unpaired) electrons. The summed E-state index contributed by atoms with van der Waals surface area (Å²) in [5.74, 6) is -0.501. The van der Waals surface area contributed by atoms with Gasteiger partial charge in [-0.2, -0.15) is 0 Å². The molecule has 1 fully saturated rings. The van der Waals surface area contributed by atoms with Gasteiger partial charge in [0.25, 0.3) is 0 Å². The summed E-state index contributed by atoms with van der Waals surface area (Å²) in [6.07, 6.45) is 1.19. The Hall–Kier alpha value is -1.59. The van der Waals surface area contributed by atoms with Crippen LogP contribution in [0.2, 0.25) is 0 Å². The first-order valence-electron chi connectivity index (χ1n) is 6.71. The van der Waals surface area contributed by atoms with Crippen LogP contribution in [0, 0.1) is 0 Å². The average molecular weight is 287 g/mol. The van der Waals surface area contributed by atoms with Crippen LogP contribution < -0.4 is 0 Å². The van der Waals surface area contributed by atoms with Gasteiger partial charge >= 0.3 is 12.1 Å². The van der Waals surface area contributed by atoms with Crippen LogP contribution in [0.25, 0.3) is 0 Å². The van der Waals surface area contributed by atoms with Crippen LogP contribution in [-0.4, -0.2) is 47.9 Å². The summed E-state index contributed by atoms with van der Waals surface area (Å²) in [5, 5.41) is 0. The first-order chi connectivity index (χ1) is 9.23. The predicted octanol–water partition coefficient (Wildman–Crippen LogP) is 2.45. The Morgan fingerprint density at radius 2 is 2.05 bits per heavy atom. The van der Waals surface area contributed by atoms with Crippen LogP contribution in [-0.2, 0) is 14.3 Å². The molecule has 20 heavy (non-hydrogen) atoms. The standard InChI is InChI=1S/C14H22FNO4/c1-5-19-12(17)7-6-11-8-10(15)9-16(11)13(18)20-14(2,3)4/h6-7,10-11H,5,8-9H2,1-4H3/b7-6+/t10-,11+/m0/s1. The molecule has 0 aromatic heterocycles. The van der Waals surface area contributed by atoms with Gasteiger partial charge in [0.2, 0.25) is 0 Å². The third-order valence-corrected chi connectivity index (χ3v) is 2.66. The highest BCUT2D eigenvalue weighted by Crippen LogP contribution is 2.24. The summed E-state index contributed by atoms with van der Waals surface area (Å²) in [6.45, 7) is 7.19. The molecule has 0 aliphatic carbocycles. The van der Waals surface area contributed by atoms with Gasteiger partial charge in [-0.15, -0.1) is 0 Å². The third-order valence-electron chi connectivity index (χ3n) is 2.66. The van der Waals surface area contributed by atoms with Crippen molar-refractivity contribution in [2.75, 3.05) is 13.2 Å². The summed E-state index contributed by atoms with van der Waals surface area (Å²) in [5.41, 5.74) is -0.638. The van der Waals surface area contributed by atoms with Crippen molar-refractivity contribution in [1.82, 2.24) is 4.90 Å². The Kier molecular flexibility index (Phi) is 5.53. The number of hydrogen-bond acceptors (Lipinski definition) is 4. The van der Waals surface area contributed by atoms with E-state index < -0.39 is 29.9 Å². The average Bonchev–Trinajstić information content (AvgIpc) is 2.66. The van der Waals surface area contributed by atoms with Crippen molar-refractivity contribution in [2.45, 2.75) is 51.9 Å². The lowest BCUT2D eigenvalue weighted by Gasteiger charge is -2.27. The van der Waals surface area contributed by atoms with Crippen molar-refractivity contribution in [3.8, 4) is 0 Å². The zero-order valence-electron chi connectivity index (χ0n) is 12.4. The molecule has 1 aliphatic rings. The van der Waals surface area contributed by atoms with Crippen molar-refractivity contribution in [3.63, 3.8) is 0 Å². The molecule has 2 atom stereocenters. The number of hydrogen-bond donors (Lipinski definition) is 0. The molecule has 1 aliphatic heterocycles. The number of nitrogens with zero attached hydrogens (tertiary/aromatic N) is 1. The predicted molar refractivity (Wildman–Crippen MR) is 72.0 cm³/mol. The Balaban J connectivity index is 2.69. The van der Waals surface area contributed by atoms with Gasteiger partial charge in [0.15, 0.2) is 0 Å². The van der Waals surface area contributed by atoms with E-state index in [-0.39, 0.29) is 19.6 Å². The lowest BCUT2D eigenvalue weighted by molar-refractivity contribution is -0.137. The Morgan fingerprint density at radius 3 is 2.60 bits per heavy atom. The minimum absolute atomic E-state index is 0.0211. The number of carbonyl (C=O) groups excluding carboxylic acids is 2. The van der Waals surface area contributed by atoms with Gasteiger partial charge in [-0.3, -0.25) is 4.90 Å². The number of alkyl halides is 1. The van der Waals surface area contributed by atoms with E-state index in [0.717, 1.165) is 0 Å². The summed E-state index contributed by atoms with van der Waals surface area (Å²) < 4.78 is 23.5. The van der Waals surface area contributed by atoms with E-state index in [0.29, 0.717) is 0 Å². The smallest absolute Gasteiger partial charge is 0.410 e. The second kappa shape index (κ2) is 6.72. The van der Waals surface area contributed by atoms with Crippen LogP contribution in [0.5, 0.6) is 0 Å². The van der Waals surface area contributed by atoms with Gasteiger partial charge in [0, 0.05) is 12.5 Å². The summed E-state index contributed by atoms with van der Waals surface area (Å²) in [6, 6.07) is -0.482. The second-order valence-corrected chi connectivity index (χ2v) is 5.64. The molecule has 5 nitrogen and oxygen atoms in total. The Morgan fingerprint density at radius 1 is 1.40 bits per heavy atom. The normalized spacial score (nSPS) is 23.1. The van der Waals surface area contributed by atoms with E-state index in [1.54, 1.807) is 27.7 Å². The van der Waals surface area contributed by atoms with Crippen molar-refractivity contribution < 1.29 is 23.5 Å². The molecule has 1 rings (SSSR count). The lowest BCUT2D eigenvalue weighted by Crippen LogP contribution is -2.39. The van der Waals surface area contributed by atoms with Crippen molar-refractivity contribution >= 4 is 12.1 Å². The van der Waals surface area contributed by atoms with Gasteiger partial charge in [0.05, 0.1) is 19.2 Å². The molecule has 1 heterocycles. The molecular weight excluding hydrogens is 265 g/mol. The maximum Gasteiger partial charge on any atom is 0.410 e. The molecule has 0 aromatic carbocycles. The lowest BCUT2D eigenvalue weighted by atomic mass is 10.2. The van der Waals surface area contributed by atoms with Gasteiger partial charge < -0.3 is 9.47 Å². The highest BCUT2D eigenvalue weighted by atomic mass is 19.1. The summed E-state index contributed by atoms with van der Waals surface area (Å²) in [7, 11) is 0. The van der Waals surface area contributed by atoms with E-state index in [1.807, 2.05) is 0 Å². The van der Waals surface area contributed by atoms with Gasteiger partial charge in [0.1, 0.15) is 11.8 Å². The number of carbonyl (C=O) groups is 2. The maximum absolute atomic E-state index is 13.5. The van der Waals surface area contributed by atoms with E-state index in [2.05, 4.69) is 0 Å². The largest absolute Gasteiger partial charge is 0.463 e. The SMILES string of the molecule is CCOC(=O)/C=C/[C@@H]1C[C@H](F)CN1C(=O)OC(C)(C)C. The van der Waals surface area contributed by atoms with Crippen LogP contribution in [0.4, 0.5) is 9.18 Å². The highest BCUT2D eigenvalue weighted by molar-refractivity contribution is 5.82. The van der Waals surface area contributed by atoms with Crippen LogP contribution in [0.3, 0.4) is 0 Å². The third kappa shape index (κ3) is 5.19. The van der Waals surface area contributed by atoms with E-state index >= 15 is 0 Å². The second-order valence-electron chi connectivity index (χ2n) is 5.64. The van der Waals surface area contributed by atoms with E-state index in [9.17, 15) is 14.0 Å². The summed E-state index contributed by atoms with van der Waals surface area (Å²) in [4.78, 5) is 24.5. The monoisotopic (exact) mass is 287 g/mol. The fraction of sp³-hybridized carbons (Fsp3) is 0.714. The fourth-order valence-corrected chi connectivity index (χ4v) is 1.91. The Labute approximate surface area is 118 Å². The molecule has 0 spiro atoms. The van der Waals surface area contributed by atoms with Crippen molar-refractivity contribution in [3.05, 3.63) is 12.2 Å². The molecule has 0 bridgehead atoms. The minimum Gasteiger partial charge on any atom is -0.463 e. The first kappa shape index (κ1) is 16.5. The number of ether oxygens (including phenoxy) is 2. The maximum atomic E-state index is 13.5. The highest BCUT2D eigenvalue weighted by Gasteiger charge is 2.36. The van der Waals surface area contributed by atoms with Crippen molar-refractivity contribution in [1.29, 1.82) is 0 Å².